The number of aryl methyl sites for hydroxylation is 1. The fourth-order valence-corrected chi connectivity index (χ4v) is 4.16. The van der Waals surface area contributed by atoms with Gasteiger partial charge in [0.05, 0.1) is 18.8 Å². The number of morpholine rings is 1. The van der Waals surface area contributed by atoms with Gasteiger partial charge in [0.15, 0.2) is 0 Å². The van der Waals surface area contributed by atoms with Gasteiger partial charge in [0.2, 0.25) is 5.91 Å². The molecule has 1 spiro atoms. The second kappa shape index (κ2) is 6.41. The second-order valence-electron chi connectivity index (χ2n) is 7.43. The fraction of sp³-hybridized carbons (Fsp3) is 0.632. The molecule has 3 heterocycles. The number of aromatic nitrogens is 1. The van der Waals surface area contributed by atoms with Gasteiger partial charge in [-0.3, -0.25) is 14.6 Å². The quantitative estimate of drug-likeness (QED) is 0.831. The highest BCUT2D eigenvalue weighted by atomic mass is 16.5. The van der Waals surface area contributed by atoms with E-state index in [-0.39, 0.29) is 23.1 Å². The van der Waals surface area contributed by atoms with Crippen molar-refractivity contribution in [1.29, 1.82) is 0 Å². The van der Waals surface area contributed by atoms with Crippen molar-refractivity contribution in [2.75, 3.05) is 39.4 Å². The maximum absolute atomic E-state index is 12.7. The number of hydrogen-bond donors (Lipinski definition) is 0. The minimum atomic E-state index is 0.0157. The first kappa shape index (κ1) is 16.5. The van der Waals surface area contributed by atoms with Crippen LogP contribution in [0.25, 0.3) is 0 Å². The molecule has 6 heteroatoms. The Morgan fingerprint density at radius 2 is 2.04 bits per heavy atom. The van der Waals surface area contributed by atoms with Crippen LogP contribution < -0.4 is 0 Å². The van der Waals surface area contributed by atoms with Crippen molar-refractivity contribution >= 4 is 11.8 Å². The van der Waals surface area contributed by atoms with Crippen LogP contribution in [0.4, 0.5) is 0 Å². The zero-order valence-corrected chi connectivity index (χ0v) is 14.7. The third-order valence-corrected chi connectivity index (χ3v) is 5.92. The summed E-state index contributed by atoms with van der Waals surface area (Å²) in [5.74, 6) is 0.382. The Morgan fingerprint density at radius 3 is 2.72 bits per heavy atom. The van der Waals surface area contributed by atoms with E-state index in [9.17, 15) is 9.59 Å². The average Bonchev–Trinajstić information content (AvgIpc) is 3.20. The van der Waals surface area contributed by atoms with E-state index < -0.39 is 0 Å². The average molecular weight is 343 g/mol. The Labute approximate surface area is 148 Å². The van der Waals surface area contributed by atoms with E-state index >= 15 is 0 Å². The highest BCUT2D eigenvalue weighted by Crippen LogP contribution is 2.59. The molecule has 3 aliphatic rings. The molecule has 1 saturated carbocycles. The molecule has 0 N–H and O–H groups in total. The van der Waals surface area contributed by atoms with Crippen LogP contribution in [0.1, 0.15) is 35.8 Å². The van der Waals surface area contributed by atoms with Gasteiger partial charge < -0.3 is 14.5 Å². The number of likely N-dealkylation sites (tertiary alicyclic amines) is 1. The number of rotatable bonds is 3. The highest BCUT2D eigenvalue weighted by molar-refractivity contribution is 5.94. The summed E-state index contributed by atoms with van der Waals surface area (Å²) in [4.78, 5) is 33.6. The van der Waals surface area contributed by atoms with E-state index in [2.05, 4.69) is 4.98 Å². The molecule has 0 bridgehead atoms. The van der Waals surface area contributed by atoms with Gasteiger partial charge in [0.1, 0.15) is 0 Å². The zero-order chi connectivity index (χ0) is 17.4. The molecular formula is C19H25N3O3. The van der Waals surface area contributed by atoms with Gasteiger partial charge in [0, 0.05) is 49.4 Å². The highest BCUT2D eigenvalue weighted by Gasteiger charge is 2.62. The van der Waals surface area contributed by atoms with Crippen LogP contribution in [-0.4, -0.2) is 66.0 Å². The molecule has 2 saturated heterocycles. The van der Waals surface area contributed by atoms with Gasteiger partial charge in [-0.05, 0) is 31.4 Å². The first-order valence-electron chi connectivity index (χ1n) is 9.24. The van der Waals surface area contributed by atoms with Gasteiger partial charge in [-0.15, -0.1) is 0 Å². The van der Waals surface area contributed by atoms with Gasteiger partial charge >= 0.3 is 0 Å². The standard InChI is InChI=1S/C19H25N3O3/c1-2-15-4-3-14(12-20-15)17(23)22-6-5-19(13-22)11-16(19)18(24)21-7-9-25-10-8-21/h3-4,12,16H,2,5-11,13H2,1H3. The van der Waals surface area contributed by atoms with E-state index in [4.69, 9.17) is 4.74 Å². The van der Waals surface area contributed by atoms with Crippen molar-refractivity contribution in [3.05, 3.63) is 29.6 Å². The Morgan fingerprint density at radius 1 is 1.24 bits per heavy atom. The molecule has 2 unspecified atom stereocenters. The van der Waals surface area contributed by atoms with E-state index in [1.165, 1.54) is 0 Å². The number of carbonyl (C=O) groups is 2. The number of ether oxygens (including phenoxy) is 1. The van der Waals surface area contributed by atoms with E-state index in [0.29, 0.717) is 38.4 Å². The maximum atomic E-state index is 12.7. The Balaban J connectivity index is 1.38. The summed E-state index contributed by atoms with van der Waals surface area (Å²) >= 11 is 0. The van der Waals surface area contributed by atoms with Crippen LogP contribution in [0.2, 0.25) is 0 Å². The molecule has 2 aliphatic heterocycles. The SMILES string of the molecule is CCc1ccc(C(=O)N2CCC3(CC3C(=O)N3CCOCC3)C2)cn1. The molecule has 25 heavy (non-hydrogen) atoms. The van der Waals surface area contributed by atoms with Gasteiger partial charge in [-0.25, -0.2) is 0 Å². The van der Waals surface area contributed by atoms with Crippen LogP contribution >= 0.6 is 0 Å². The first-order valence-corrected chi connectivity index (χ1v) is 9.24. The lowest BCUT2D eigenvalue weighted by atomic mass is 10.0. The Bertz CT molecular complexity index is 669. The fourth-order valence-electron chi connectivity index (χ4n) is 4.16. The normalized spacial score (nSPS) is 28.4. The van der Waals surface area contributed by atoms with E-state index in [1.807, 2.05) is 28.9 Å². The topological polar surface area (TPSA) is 62.7 Å². The van der Waals surface area contributed by atoms with E-state index in [0.717, 1.165) is 31.5 Å². The molecule has 134 valence electrons. The minimum absolute atomic E-state index is 0.0157. The molecule has 0 radical (unpaired) electrons. The molecule has 1 aromatic rings. The molecular weight excluding hydrogens is 318 g/mol. The summed E-state index contributed by atoms with van der Waals surface area (Å²) in [5.41, 5.74) is 1.65. The van der Waals surface area contributed by atoms with Crippen molar-refractivity contribution in [2.24, 2.45) is 11.3 Å². The van der Waals surface area contributed by atoms with Crippen LogP contribution in [-0.2, 0) is 16.0 Å². The lowest BCUT2D eigenvalue weighted by Gasteiger charge is -2.27. The summed E-state index contributed by atoms with van der Waals surface area (Å²) in [6, 6.07) is 3.78. The molecule has 3 fully saturated rings. The summed E-state index contributed by atoms with van der Waals surface area (Å²) in [7, 11) is 0. The largest absolute Gasteiger partial charge is 0.378 e. The number of hydrogen-bond acceptors (Lipinski definition) is 4. The first-order chi connectivity index (χ1) is 12.1. The zero-order valence-electron chi connectivity index (χ0n) is 14.7. The molecule has 1 aromatic heterocycles. The van der Waals surface area contributed by atoms with Gasteiger partial charge in [-0.1, -0.05) is 6.92 Å². The van der Waals surface area contributed by atoms with E-state index in [1.54, 1.807) is 6.20 Å². The third kappa shape index (κ3) is 3.03. The summed E-state index contributed by atoms with van der Waals surface area (Å²) in [6.45, 7) is 6.15. The molecule has 0 aromatic carbocycles. The third-order valence-electron chi connectivity index (χ3n) is 5.92. The Kier molecular flexibility index (Phi) is 4.23. The lowest BCUT2D eigenvalue weighted by Crippen LogP contribution is -2.42. The van der Waals surface area contributed by atoms with Crippen molar-refractivity contribution in [3.8, 4) is 0 Å². The van der Waals surface area contributed by atoms with Crippen LogP contribution in [0, 0.1) is 11.3 Å². The summed E-state index contributed by atoms with van der Waals surface area (Å²) in [5, 5.41) is 0. The molecule has 6 nitrogen and oxygen atoms in total. The number of amides is 2. The maximum Gasteiger partial charge on any atom is 0.255 e. The number of carbonyl (C=O) groups excluding carboxylic acids is 2. The predicted octanol–water partition coefficient (Wildman–Crippen LogP) is 1.35. The molecule has 2 amide bonds. The van der Waals surface area contributed by atoms with Crippen LogP contribution in [0.5, 0.6) is 0 Å². The van der Waals surface area contributed by atoms with Crippen molar-refractivity contribution in [2.45, 2.75) is 26.2 Å². The second-order valence-corrected chi connectivity index (χ2v) is 7.43. The van der Waals surface area contributed by atoms with Gasteiger partial charge in [-0.2, -0.15) is 0 Å². The predicted molar refractivity (Wildman–Crippen MR) is 92.1 cm³/mol. The van der Waals surface area contributed by atoms with Crippen molar-refractivity contribution in [1.82, 2.24) is 14.8 Å². The number of pyridine rings is 1. The monoisotopic (exact) mass is 343 g/mol. The van der Waals surface area contributed by atoms with Crippen LogP contribution in [0.3, 0.4) is 0 Å². The summed E-state index contributed by atoms with van der Waals surface area (Å²) in [6.07, 6.45) is 4.39. The minimum Gasteiger partial charge on any atom is -0.378 e. The van der Waals surface area contributed by atoms with Crippen LogP contribution in [0.15, 0.2) is 18.3 Å². The smallest absolute Gasteiger partial charge is 0.255 e. The molecule has 4 rings (SSSR count). The number of nitrogens with zero attached hydrogens (tertiary/aromatic N) is 3. The molecule has 2 atom stereocenters. The van der Waals surface area contributed by atoms with Crippen molar-refractivity contribution in [3.63, 3.8) is 0 Å². The molecule has 1 aliphatic carbocycles. The summed E-state index contributed by atoms with van der Waals surface area (Å²) < 4.78 is 5.33. The Hall–Kier alpha value is -1.95. The lowest BCUT2D eigenvalue weighted by molar-refractivity contribution is -0.137. The van der Waals surface area contributed by atoms with Gasteiger partial charge in [0.25, 0.3) is 5.91 Å². The van der Waals surface area contributed by atoms with Crippen molar-refractivity contribution < 1.29 is 14.3 Å².